The molecule has 0 aliphatic heterocycles. The zero-order valence-electron chi connectivity index (χ0n) is 12.4. The van der Waals surface area contributed by atoms with Gasteiger partial charge in [-0.1, -0.05) is 19.8 Å². The van der Waals surface area contributed by atoms with Crippen molar-refractivity contribution in [3.8, 4) is 0 Å². The van der Waals surface area contributed by atoms with Crippen LogP contribution in [0.5, 0.6) is 0 Å². The van der Waals surface area contributed by atoms with Gasteiger partial charge in [0.15, 0.2) is 5.58 Å². The number of aromatic carboxylic acids is 1. The zero-order valence-corrected chi connectivity index (χ0v) is 12.4. The number of nitrogens with zero attached hydrogens (tertiary/aromatic N) is 2. The van der Waals surface area contributed by atoms with Crippen LogP contribution >= 0.6 is 0 Å². The van der Waals surface area contributed by atoms with Crippen LogP contribution in [0.2, 0.25) is 0 Å². The number of carboxylic acids is 1. The van der Waals surface area contributed by atoms with Gasteiger partial charge in [0, 0.05) is 13.1 Å². The molecule has 1 fully saturated rings. The van der Waals surface area contributed by atoms with Gasteiger partial charge in [-0.2, -0.15) is 4.98 Å². The predicted octanol–water partition coefficient (Wildman–Crippen LogP) is 3.54. The van der Waals surface area contributed by atoms with E-state index in [0.717, 1.165) is 18.8 Å². The van der Waals surface area contributed by atoms with E-state index in [1.54, 1.807) is 12.1 Å². The number of hydrogen-bond donors (Lipinski definition) is 1. The summed E-state index contributed by atoms with van der Waals surface area (Å²) in [5, 5.41) is 9.02. The number of anilines is 1. The van der Waals surface area contributed by atoms with E-state index in [1.165, 1.54) is 18.9 Å². The molecular formula is C16H20N2O3. The van der Waals surface area contributed by atoms with Crippen molar-refractivity contribution in [1.82, 2.24) is 4.98 Å². The molecule has 2 aromatic rings. The Bertz CT molecular complexity index is 665. The summed E-state index contributed by atoms with van der Waals surface area (Å²) in [6.07, 6.45) is 4.83. The number of carboxylic acid groups (broad SMARTS) is 1. The van der Waals surface area contributed by atoms with E-state index in [1.807, 2.05) is 7.05 Å². The molecule has 0 bridgehead atoms. The SMILES string of the molecule is CC1CCCC(N(C)c2nc3ccc(C(=O)O)cc3o2)C1. The maximum absolute atomic E-state index is 11.0. The molecule has 5 nitrogen and oxygen atoms in total. The molecule has 0 saturated heterocycles. The minimum atomic E-state index is -0.954. The summed E-state index contributed by atoms with van der Waals surface area (Å²) in [7, 11) is 2.01. The molecule has 21 heavy (non-hydrogen) atoms. The van der Waals surface area contributed by atoms with Gasteiger partial charge >= 0.3 is 5.97 Å². The lowest BCUT2D eigenvalue weighted by Gasteiger charge is -2.33. The lowest BCUT2D eigenvalue weighted by molar-refractivity contribution is 0.0697. The third kappa shape index (κ3) is 2.73. The Balaban J connectivity index is 1.87. The van der Waals surface area contributed by atoms with Crippen molar-refractivity contribution in [1.29, 1.82) is 0 Å². The molecule has 1 N–H and O–H groups in total. The van der Waals surface area contributed by atoms with E-state index in [4.69, 9.17) is 9.52 Å². The molecule has 1 aromatic carbocycles. The largest absolute Gasteiger partial charge is 0.478 e. The quantitative estimate of drug-likeness (QED) is 0.935. The number of benzene rings is 1. The summed E-state index contributed by atoms with van der Waals surface area (Å²) in [5.41, 5.74) is 1.45. The first-order valence-corrected chi connectivity index (χ1v) is 7.41. The van der Waals surface area contributed by atoms with Crippen LogP contribution in [0.3, 0.4) is 0 Å². The monoisotopic (exact) mass is 288 g/mol. The number of carbonyl (C=O) groups is 1. The van der Waals surface area contributed by atoms with Gasteiger partial charge in [0.2, 0.25) is 0 Å². The van der Waals surface area contributed by atoms with Crippen molar-refractivity contribution in [2.24, 2.45) is 5.92 Å². The van der Waals surface area contributed by atoms with Gasteiger partial charge in [0.25, 0.3) is 6.01 Å². The van der Waals surface area contributed by atoms with Crippen molar-refractivity contribution in [3.05, 3.63) is 23.8 Å². The lowest BCUT2D eigenvalue weighted by Crippen LogP contribution is -2.35. The number of aromatic nitrogens is 1. The van der Waals surface area contributed by atoms with Crippen LogP contribution in [0.1, 0.15) is 43.0 Å². The van der Waals surface area contributed by atoms with Crippen LogP contribution in [0.25, 0.3) is 11.1 Å². The Kier molecular flexibility index (Phi) is 3.57. The third-order valence-corrected chi connectivity index (χ3v) is 4.38. The normalized spacial score (nSPS) is 22.4. The van der Waals surface area contributed by atoms with E-state index in [2.05, 4.69) is 16.8 Å². The molecule has 0 radical (unpaired) electrons. The van der Waals surface area contributed by atoms with Gasteiger partial charge in [-0.05, 0) is 37.0 Å². The summed E-state index contributed by atoms with van der Waals surface area (Å²) >= 11 is 0. The summed E-state index contributed by atoms with van der Waals surface area (Å²) in [6, 6.07) is 5.81. The fourth-order valence-corrected chi connectivity index (χ4v) is 3.11. The molecule has 0 amide bonds. The van der Waals surface area contributed by atoms with E-state index >= 15 is 0 Å². The molecular weight excluding hydrogens is 268 g/mol. The van der Waals surface area contributed by atoms with Crippen molar-refractivity contribution >= 4 is 23.1 Å². The second-order valence-corrected chi connectivity index (χ2v) is 6.02. The van der Waals surface area contributed by atoms with Crippen LogP contribution in [-0.4, -0.2) is 29.1 Å². The minimum Gasteiger partial charge on any atom is -0.478 e. The lowest BCUT2D eigenvalue weighted by atomic mass is 9.86. The molecule has 1 aliphatic rings. The molecule has 2 atom stereocenters. The number of fused-ring (bicyclic) bond motifs is 1. The molecule has 1 heterocycles. The van der Waals surface area contributed by atoms with Crippen LogP contribution < -0.4 is 4.90 Å². The maximum Gasteiger partial charge on any atom is 0.335 e. The Labute approximate surface area is 123 Å². The molecule has 0 spiro atoms. The van der Waals surface area contributed by atoms with E-state index in [-0.39, 0.29) is 5.56 Å². The summed E-state index contributed by atoms with van der Waals surface area (Å²) < 4.78 is 5.76. The Morgan fingerprint density at radius 2 is 2.24 bits per heavy atom. The highest BCUT2D eigenvalue weighted by atomic mass is 16.4. The van der Waals surface area contributed by atoms with Crippen LogP contribution in [-0.2, 0) is 0 Å². The second kappa shape index (κ2) is 5.39. The summed E-state index contributed by atoms with van der Waals surface area (Å²) in [4.78, 5) is 17.6. The van der Waals surface area contributed by atoms with Gasteiger partial charge in [0.05, 0.1) is 5.56 Å². The molecule has 1 aliphatic carbocycles. The van der Waals surface area contributed by atoms with Gasteiger partial charge < -0.3 is 14.4 Å². The van der Waals surface area contributed by atoms with E-state index in [9.17, 15) is 4.79 Å². The molecule has 2 unspecified atom stereocenters. The fraction of sp³-hybridized carbons (Fsp3) is 0.500. The highest BCUT2D eigenvalue weighted by Crippen LogP contribution is 2.31. The van der Waals surface area contributed by atoms with Crippen LogP contribution in [0, 0.1) is 5.92 Å². The zero-order chi connectivity index (χ0) is 15.0. The average Bonchev–Trinajstić information content (AvgIpc) is 2.89. The maximum atomic E-state index is 11.0. The average molecular weight is 288 g/mol. The van der Waals surface area contributed by atoms with E-state index in [0.29, 0.717) is 23.2 Å². The van der Waals surface area contributed by atoms with Gasteiger partial charge in [-0.3, -0.25) is 0 Å². The summed E-state index contributed by atoms with van der Waals surface area (Å²) in [5.74, 6) is -0.224. The van der Waals surface area contributed by atoms with Crippen molar-refractivity contribution < 1.29 is 14.3 Å². The van der Waals surface area contributed by atoms with Crippen molar-refractivity contribution in [2.75, 3.05) is 11.9 Å². The molecule has 5 heteroatoms. The van der Waals surface area contributed by atoms with Gasteiger partial charge in [-0.25, -0.2) is 4.79 Å². The van der Waals surface area contributed by atoms with Crippen LogP contribution in [0.4, 0.5) is 6.01 Å². The Morgan fingerprint density at radius 1 is 1.43 bits per heavy atom. The molecule has 3 rings (SSSR count). The standard InChI is InChI=1S/C16H20N2O3/c1-10-4-3-5-12(8-10)18(2)16-17-13-7-6-11(15(19)20)9-14(13)21-16/h6-7,9-10,12H,3-5,8H2,1-2H3,(H,19,20). The number of hydrogen-bond acceptors (Lipinski definition) is 4. The predicted molar refractivity (Wildman–Crippen MR) is 80.8 cm³/mol. The topological polar surface area (TPSA) is 66.6 Å². The van der Waals surface area contributed by atoms with E-state index < -0.39 is 5.97 Å². The van der Waals surface area contributed by atoms with Gasteiger partial charge in [0.1, 0.15) is 5.52 Å². The molecule has 1 aromatic heterocycles. The second-order valence-electron chi connectivity index (χ2n) is 6.02. The highest BCUT2D eigenvalue weighted by molar-refractivity contribution is 5.92. The third-order valence-electron chi connectivity index (χ3n) is 4.38. The minimum absolute atomic E-state index is 0.221. The number of rotatable bonds is 3. The summed E-state index contributed by atoms with van der Waals surface area (Å²) in [6.45, 7) is 2.28. The molecule has 1 saturated carbocycles. The van der Waals surface area contributed by atoms with Crippen LogP contribution in [0.15, 0.2) is 22.6 Å². The Morgan fingerprint density at radius 3 is 2.95 bits per heavy atom. The fourth-order valence-electron chi connectivity index (χ4n) is 3.11. The smallest absolute Gasteiger partial charge is 0.335 e. The highest BCUT2D eigenvalue weighted by Gasteiger charge is 2.25. The first-order valence-electron chi connectivity index (χ1n) is 7.41. The van der Waals surface area contributed by atoms with Gasteiger partial charge in [-0.15, -0.1) is 0 Å². The van der Waals surface area contributed by atoms with Crippen molar-refractivity contribution in [2.45, 2.75) is 38.6 Å². The number of oxazole rings is 1. The Hall–Kier alpha value is -2.04. The molecule has 112 valence electrons. The van der Waals surface area contributed by atoms with Crippen molar-refractivity contribution in [3.63, 3.8) is 0 Å². The first kappa shape index (κ1) is 13.9. The first-order chi connectivity index (χ1) is 10.0.